The van der Waals surface area contributed by atoms with Crippen molar-refractivity contribution in [2.24, 2.45) is 5.73 Å². The van der Waals surface area contributed by atoms with Crippen molar-refractivity contribution >= 4 is 5.91 Å². The van der Waals surface area contributed by atoms with Crippen LogP contribution in [0.2, 0.25) is 0 Å². The first-order chi connectivity index (χ1) is 8.02. The SMILES string of the molecule is Cc1ccc(OCC(=O)NC(C)C)c(CN)c1. The second-order valence-electron chi connectivity index (χ2n) is 4.33. The third kappa shape index (κ3) is 4.44. The molecule has 4 nitrogen and oxygen atoms in total. The fourth-order valence-corrected chi connectivity index (χ4v) is 1.52. The minimum Gasteiger partial charge on any atom is -0.483 e. The van der Waals surface area contributed by atoms with Gasteiger partial charge in [-0.1, -0.05) is 17.7 Å². The highest BCUT2D eigenvalue weighted by atomic mass is 16.5. The molecule has 1 aromatic carbocycles. The zero-order valence-corrected chi connectivity index (χ0v) is 10.6. The first-order valence-electron chi connectivity index (χ1n) is 5.74. The molecular weight excluding hydrogens is 216 g/mol. The number of nitrogens with two attached hydrogens (primary N) is 1. The summed E-state index contributed by atoms with van der Waals surface area (Å²) in [6.07, 6.45) is 0. The summed E-state index contributed by atoms with van der Waals surface area (Å²) in [5.41, 5.74) is 7.67. The van der Waals surface area contributed by atoms with Crippen molar-refractivity contribution in [1.82, 2.24) is 5.32 Å². The summed E-state index contributed by atoms with van der Waals surface area (Å²) in [5.74, 6) is 0.556. The molecule has 0 fully saturated rings. The van der Waals surface area contributed by atoms with E-state index >= 15 is 0 Å². The summed E-state index contributed by atoms with van der Waals surface area (Å²) in [4.78, 5) is 11.4. The Hall–Kier alpha value is -1.55. The van der Waals surface area contributed by atoms with Gasteiger partial charge in [-0.15, -0.1) is 0 Å². The van der Waals surface area contributed by atoms with Crippen LogP contribution in [-0.4, -0.2) is 18.6 Å². The highest BCUT2D eigenvalue weighted by Gasteiger charge is 2.07. The summed E-state index contributed by atoms with van der Waals surface area (Å²) >= 11 is 0. The van der Waals surface area contributed by atoms with Gasteiger partial charge in [0.05, 0.1) is 0 Å². The molecule has 1 aromatic rings. The quantitative estimate of drug-likeness (QED) is 0.811. The molecule has 0 aromatic heterocycles. The standard InChI is InChI=1S/C13H20N2O2/c1-9(2)15-13(16)8-17-12-5-4-10(3)6-11(12)7-14/h4-6,9H,7-8,14H2,1-3H3,(H,15,16). The largest absolute Gasteiger partial charge is 0.483 e. The highest BCUT2D eigenvalue weighted by molar-refractivity contribution is 5.77. The van der Waals surface area contributed by atoms with Crippen molar-refractivity contribution in [3.63, 3.8) is 0 Å². The van der Waals surface area contributed by atoms with E-state index < -0.39 is 0 Å². The number of rotatable bonds is 5. The maximum Gasteiger partial charge on any atom is 0.258 e. The van der Waals surface area contributed by atoms with Crippen LogP contribution in [0, 0.1) is 6.92 Å². The Labute approximate surface area is 102 Å². The van der Waals surface area contributed by atoms with E-state index in [1.165, 1.54) is 0 Å². The van der Waals surface area contributed by atoms with Gasteiger partial charge in [0.25, 0.3) is 5.91 Å². The van der Waals surface area contributed by atoms with Crippen LogP contribution in [0.4, 0.5) is 0 Å². The molecule has 0 atom stereocenters. The molecule has 1 amide bonds. The topological polar surface area (TPSA) is 64.3 Å². The van der Waals surface area contributed by atoms with E-state index in [1.54, 1.807) is 0 Å². The second kappa shape index (κ2) is 6.25. The number of benzene rings is 1. The van der Waals surface area contributed by atoms with E-state index in [2.05, 4.69) is 5.32 Å². The monoisotopic (exact) mass is 236 g/mol. The van der Waals surface area contributed by atoms with Crippen LogP contribution < -0.4 is 15.8 Å². The van der Waals surface area contributed by atoms with Gasteiger partial charge in [0.15, 0.2) is 6.61 Å². The lowest BCUT2D eigenvalue weighted by atomic mass is 10.1. The Morgan fingerprint density at radius 1 is 1.47 bits per heavy atom. The van der Waals surface area contributed by atoms with Gasteiger partial charge in [0.2, 0.25) is 0 Å². The van der Waals surface area contributed by atoms with Crippen molar-refractivity contribution in [1.29, 1.82) is 0 Å². The summed E-state index contributed by atoms with van der Waals surface area (Å²) in [6, 6.07) is 5.88. The van der Waals surface area contributed by atoms with E-state index in [9.17, 15) is 4.79 Å². The lowest BCUT2D eigenvalue weighted by Crippen LogP contribution is -2.34. The second-order valence-corrected chi connectivity index (χ2v) is 4.33. The number of hydrogen-bond acceptors (Lipinski definition) is 3. The molecule has 0 aliphatic carbocycles. The van der Waals surface area contributed by atoms with Gasteiger partial charge in [-0.3, -0.25) is 4.79 Å². The van der Waals surface area contributed by atoms with Crippen molar-refractivity contribution in [3.05, 3.63) is 29.3 Å². The molecule has 0 bridgehead atoms. The molecule has 0 saturated carbocycles. The average Bonchev–Trinajstić information content (AvgIpc) is 2.26. The van der Waals surface area contributed by atoms with E-state index in [1.807, 2.05) is 39.0 Å². The maximum atomic E-state index is 11.4. The average molecular weight is 236 g/mol. The highest BCUT2D eigenvalue weighted by Crippen LogP contribution is 2.19. The molecule has 0 spiro atoms. The van der Waals surface area contributed by atoms with Gasteiger partial charge < -0.3 is 15.8 Å². The normalized spacial score (nSPS) is 10.4. The smallest absolute Gasteiger partial charge is 0.258 e. The Bertz CT molecular complexity index is 389. The van der Waals surface area contributed by atoms with Crippen molar-refractivity contribution in [2.45, 2.75) is 33.4 Å². The first-order valence-corrected chi connectivity index (χ1v) is 5.74. The van der Waals surface area contributed by atoms with E-state index in [0.717, 1.165) is 11.1 Å². The molecule has 0 aliphatic rings. The first kappa shape index (κ1) is 13.5. The molecule has 0 heterocycles. The molecular formula is C13H20N2O2. The molecule has 3 N–H and O–H groups in total. The maximum absolute atomic E-state index is 11.4. The Morgan fingerprint density at radius 3 is 2.76 bits per heavy atom. The van der Waals surface area contributed by atoms with E-state index in [-0.39, 0.29) is 18.6 Å². The molecule has 0 aliphatic heterocycles. The van der Waals surface area contributed by atoms with Crippen LogP contribution in [0.1, 0.15) is 25.0 Å². The number of carbonyl (C=O) groups is 1. The lowest BCUT2D eigenvalue weighted by molar-refractivity contribution is -0.123. The van der Waals surface area contributed by atoms with Crippen molar-refractivity contribution in [3.8, 4) is 5.75 Å². The zero-order chi connectivity index (χ0) is 12.8. The van der Waals surface area contributed by atoms with E-state index in [0.29, 0.717) is 12.3 Å². The summed E-state index contributed by atoms with van der Waals surface area (Å²) < 4.78 is 5.45. The summed E-state index contributed by atoms with van der Waals surface area (Å²) in [6.45, 7) is 6.25. The van der Waals surface area contributed by atoms with Crippen molar-refractivity contribution < 1.29 is 9.53 Å². The van der Waals surface area contributed by atoms with Crippen LogP contribution in [0.5, 0.6) is 5.75 Å². The van der Waals surface area contributed by atoms with Crippen LogP contribution in [0.3, 0.4) is 0 Å². The number of aryl methyl sites for hydroxylation is 1. The van der Waals surface area contributed by atoms with Gasteiger partial charge in [0.1, 0.15) is 5.75 Å². The zero-order valence-electron chi connectivity index (χ0n) is 10.6. The minimum atomic E-state index is -0.122. The number of amides is 1. The fourth-order valence-electron chi connectivity index (χ4n) is 1.52. The third-order valence-electron chi connectivity index (χ3n) is 2.24. The molecule has 0 radical (unpaired) electrons. The lowest BCUT2D eigenvalue weighted by Gasteiger charge is -2.12. The molecule has 4 heteroatoms. The van der Waals surface area contributed by atoms with Gasteiger partial charge in [-0.25, -0.2) is 0 Å². The van der Waals surface area contributed by atoms with Crippen LogP contribution in [0.25, 0.3) is 0 Å². The fraction of sp³-hybridized carbons (Fsp3) is 0.462. The molecule has 0 unspecified atom stereocenters. The third-order valence-corrected chi connectivity index (χ3v) is 2.24. The van der Waals surface area contributed by atoms with Crippen LogP contribution in [-0.2, 0) is 11.3 Å². The Morgan fingerprint density at radius 2 is 2.18 bits per heavy atom. The van der Waals surface area contributed by atoms with Crippen molar-refractivity contribution in [2.75, 3.05) is 6.61 Å². The predicted molar refractivity (Wildman–Crippen MR) is 67.8 cm³/mol. The number of nitrogens with one attached hydrogen (secondary N) is 1. The Kier molecular flexibility index (Phi) is 4.97. The molecule has 0 saturated heterocycles. The molecule has 17 heavy (non-hydrogen) atoms. The van der Waals surface area contributed by atoms with Gasteiger partial charge in [-0.2, -0.15) is 0 Å². The van der Waals surface area contributed by atoms with Gasteiger partial charge in [0, 0.05) is 18.2 Å². The number of ether oxygens (including phenoxy) is 1. The molecule has 94 valence electrons. The summed E-state index contributed by atoms with van der Waals surface area (Å²) in [7, 11) is 0. The summed E-state index contributed by atoms with van der Waals surface area (Å²) in [5, 5.41) is 2.77. The van der Waals surface area contributed by atoms with Crippen LogP contribution >= 0.6 is 0 Å². The van der Waals surface area contributed by atoms with Gasteiger partial charge >= 0.3 is 0 Å². The molecule has 1 rings (SSSR count). The van der Waals surface area contributed by atoms with Crippen LogP contribution in [0.15, 0.2) is 18.2 Å². The van der Waals surface area contributed by atoms with Gasteiger partial charge in [-0.05, 0) is 26.8 Å². The number of hydrogen-bond donors (Lipinski definition) is 2. The Balaban J connectivity index is 2.60. The minimum absolute atomic E-state index is 0.0221. The van der Waals surface area contributed by atoms with E-state index in [4.69, 9.17) is 10.5 Å². The number of carbonyl (C=O) groups excluding carboxylic acids is 1. The predicted octanol–water partition coefficient (Wildman–Crippen LogP) is 1.36.